The summed E-state index contributed by atoms with van der Waals surface area (Å²) in [7, 11) is 0. The zero-order valence-electron chi connectivity index (χ0n) is 11.1. The fraction of sp³-hybridized carbons (Fsp3) is 0.333. The number of nitrogens with zero attached hydrogens (tertiary/aromatic N) is 1. The average Bonchev–Trinajstić information content (AvgIpc) is 3.19. The summed E-state index contributed by atoms with van der Waals surface area (Å²) in [6.45, 7) is 2.58. The predicted molar refractivity (Wildman–Crippen MR) is 77.3 cm³/mol. The fourth-order valence-electron chi connectivity index (χ4n) is 1.96. The lowest BCUT2D eigenvalue weighted by Gasteiger charge is -2.01. The first-order chi connectivity index (χ1) is 9.63. The van der Waals surface area contributed by atoms with E-state index in [0.29, 0.717) is 10.8 Å². The molecule has 104 valence electrons. The van der Waals surface area contributed by atoms with Crippen LogP contribution in [0.15, 0.2) is 24.3 Å². The van der Waals surface area contributed by atoms with Crippen LogP contribution in [-0.4, -0.2) is 17.4 Å². The summed E-state index contributed by atoms with van der Waals surface area (Å²) in [4.78, 5) is 17.1. The van der Waals surface area contributed by atoms with E-state index < -0.39 is 0 Å². The normalized spacial score (nSPS) is 14.3. The Labute approximate surface area is 120 Å². The Kier molecular flexibility index (Phi) is 3.53. The maximum absolute atomic E-state index is 12.9. The van der Waals surface area contributed by atoms with Crippen LogP contribution >= 0.6 is 11.3 Å². The number of rotatable bonds is 4. The van der Waals surface area contributed by atoms with Gasteiger partial charge in [-0.1, -0.05) is 0 Å². The molecule has 0 spiro atoms. The minimum atomic E-state index is -0.274. The largest absolute Gasteiger partial charge is 0.351 e. The Hall–Kier alpha value is -1.75. The van der Waals surface area contributed by atoms with Crippen LogP contribution in [0.4, 0.5) is 4.39 Å². The molecule has 1 saturated carbocycles. The van der Waals surface area contributed by atoms with Crippen LogP contribution in [0.2, 0.25) is 0 Å². The van der Waals surface area contributed by atoms with Gasteiger partial charge in [-0.15, -0.1) is 11.3 Å². The number of aryl methyl sites for hydroxylation is 1. The molecule has 3 nitrogen and oxygen atoms in total. The number of benzene rings is 1. The van der Waals surface area contributed by atoms with Crippen molar-refractivity contribution in [2.24, 2.45) is 5.92 Å². The molecule has 20 heavy (non-hydrogen) atoms. The van der Waals surface area contributed by atoms with Gasteiger partial charge < -0.3 is 5.32 Å². The smallest absolute Gasteiger partial charge is 0.263 e. The van der Waals surface area contributed by atoms with E-state index in [1.165, 1.54) is 36.3 Å². The summed E-state index contributed by atoms with van der Waals surface area (Å²) < 4.78 is 12.9. The molecule has 2 aromatic rings. The highest BCUT2D eigenvalue weighted by Gasteiger charge is 2.23. The Morgan fingerprint density at radius 3 is 2.75 bits per heavy atom. The number of amides is 1. The van der Waals surface area contributed by atoms with Gasteiger partial charge in [0.2, 0.25) is 0 Å². The number of halogens is 1. The molecule has 0 unspecified atom stereocenters. The van der Waals surface area contributed by atoms with Crippen molar-refractivity contribution in [2.45, 2.75) is 19.8 Å². The second-order valence-electron chi connectivity index (χ2n) is 5.09. The molecule has 0 saturated heterocycles. The Balaban J connectivity index is 1.78. The molecule has 3 rings (SSSR count). The van der Waals surface area contributed by atoms with Gasteiger partial charge in [-0.3, -0.25) is 4.79 Å². The van der Waals surface area contributed by atoms with Gasteiger partial charge in [-0.05, 0) is 49.9 Å². The van der Waals surface area contributed by atoms with Crippen LogP contribution in [0.1, 0.15) is 28.2 Å². The number of nitrogens with one attached hydrogen (secondary N) is 1. The first-order valence-corrected chi connectivity index (χ1v) is 7.46. The Morgan fingerprint density at radius 2 is 2.10 bits per heavy atom. The number of carbonyl (C=O) groups excluding carboxylic acids is 1. The highest BCUT2D eigenvalue weighted by molar-refractivity contribution is 7.17. The van der Waals surface area contributed by atoms with Crippen molar-refractivity contribution in [2.75, 3.05) is 6.54 Å². The van der Waals surface area contributed by atoms with E-state index in [1.54, 1.807) is 12.1 Å². The lowest BCUT2D eigenvalue weighted by atomic mass is 10.2. The van der Waals surface area contributed by atoms with Crippen molar-refractivity contribution in [3.63, 3.8) is 0 Å². The van der Waals surface area contributed by atoms with Crippen LogP contribution in [0.3, 0.4) is 0 Å². The van der Waals surface area contributed by atoms with E-state index in [9.17, 15) is 9.18 Å². The molecular weight excluding hydrogens is 275 g/mol. The van der Waals surface area contributed by atoms with E-state index in [0.717, 1.165) is 22.8 Å². The topological polar surface area (TPSA) is 42.0 Å². The molecule has 0 aliphatic heterocycles. The first kappa shape index (κ1) is 13.2. The van der Waals surface area contributed by atoms with E-state index in [2.05, 4.69) is 10.3 Å². The highest BCUT2D eigenvalue weighted by Crippen LogP contribution is 2.29. The predicted octanol–water partition coefficient (Wildman–Crippen LogP) is 3.40. The summed E-state index contributed by atoms with van der Waals surface area (Å²) in [6.07, 6.45) is 2.42. The summed E-state index contributed by atoms with van der Waals surface area (Å²) in [5, 5.41) is 3.70. The molecule has 1 N–H and O–H groups in total. The lowest BCUT2D eigenvalue weighted by Crippen LogP contribution is -2.25. The van der Waals surface area contributed by atoms with Gasteiger partial charge in [-0.2, -0.15) is 0 Å². The molecule has 1 aromatic heterocycles. The van der Waals surface area contributed by atoms with Crippen LogP contribution in [-0.2, 0) is 0 Å². The zero-order chi connectivity index (χ0) is 14.1. The molecule has 0 bridgehead atoms. The van der Waals surface area contributed by atoms with Crippen molar-refractivity contribution >= 4 is 17.2 Å². The van der Waals surface area contributed by atoms with Crippen LogP contribution < -0.4 is 5.32 Å². The van der Waals surface area contributed by atoms with Gasteiger partial charge in [-0.25, -0.2) is 9.37 Å². The quantitative estimate of drug-likeness (QED) is 0.937. The Morgan fingerprint density at radius 1 is 1.40 bits per heavy atom. The van der Waals surface area contributed by atoms with Crippen molar-refractivity contribution in [3.8, 4) is 10.6 Å². The second kappa shape index (κ2) is 5.32. The molecular formula is C15H15FN2OS. The molecule has 1 aliphatic rings. The van der Waals surface area contributed by atoms with Gasteiger partial charge in [0.05, 0.1) is 5.69 Å². The van der Waals surface area contributed by atoms with Crippen molar-refractivity contribution in [3.05, 3.63) is 40.7 Å². The number of aromatic nitrogens is 1. The lowest BCUT2D eigenvalue weighted by molar-refractivity contribution is 0.0955. The standard InChI is InChI=1S/C15H15FN2OS/c1-9-13(14(19)17-8-10-2-3-10)20-15(18-9)11-4-6-12(16)7-5-11/h4-7,10H,2-3,8H2,1H3,(H,17,19). The number of hydrogen-bond donors (Lipinski definition) is 1. The van der Waals surface area contributed by atoms with E-state index in [4.69, 9.17) is 0 Å². The summed E-state index contributed by atoms with van der Waals surface area (Å²) in [5.41, 5.74) is 1.56. The highest BCUT2D eigenvalue weighted by atomic mass is 32.1. The average molecular weight is 290 g/mol. The van der Waals surface area contributed by atoms with Crippen LogP contribution in [0.25, 0.3) is 10.6 Å². The summed E-state index contributed by atoms with van der Waals surface area (Å²) >= 11 is 1.35. The third-order valence-electron chi connectivity index (χ3n) is 3.34. The summed E-state index contributed by atoms with van der Waals surface area (Å²) in [6, 6.07) is 6.16. The van der Waals surface area contributed by atoms with E-state index in [-0.39, 0.29) is 11.7 Å². The fourth-order valence-corrected chi connectivity index (χ4v) is 2.95. The molecule has 1 aliphatic carbocycles. The van der Waals surface area contributed by atoms with Crippen LogP contribution in [0, 0.1) is 18.7 Å². The third kappa shape index (κ3) is 2.88. The Bertz CT molecular complexity index is 632. The van der Waals surface area contributed by atoms with Gasteiger partial charge in [0.15, 0.2) is 0 Å². The molecule has 5 heteroatoms. The minimum absolute atomic E-state index is 0.0553. The number of hydrogen-bond acceptors (Lipinski definition) is 3. The molecule has 1 aromatic carbocycles. The van der Waals surface area contributed by atoms with Crippen molar-refractivity contribution < 1.29 is 9.18 Å². The minimum Gasteiger partial charge on any atom is -0.351 e. The van der Waals surface area contributed by atoms with Crippen molar-refractivity contribution in [1.82, 2.24) is 10.3 Å². The molecule has 0 radical (unpaired) electrons. The second-order valence-corrected chi connectivity index (χ2v) is 6.09. The molecule has 0 atom stereocenters. The number of thiazole rings is 1. The monoisotopic (exact) mass is 290 g/mol. The molecule has 1 amide bonds. The van der Waals surface area contributed by atoms with Crippen LogP contribution in [0.5, 0.6) is 0 Å². The summed E-state index contributed by atoms with van der Waals surface area (Å²) in [5.74, 6) is 0.327. The van der Waals surface area contributed by atoms with Gasteiger partial charge in [0.25, 0.3) is 5.91 Å². The maximum Gasteiger partial charge on any atom is 0.263 e. The van der Waals surface area contributed by atoms with E-state index >= 15 is 0 Å². The molecule has 1 heterocycles. The third-order valence-corrected chi connectivity index (χ3v) is 4.55. The maximum atomic E-state index is 12.9. The number of carbonyl (C=O) groups is 1. The van der Waals surface area contributed by atoms with Gasteiger partial charge in [0.1, 0.15) is 15.7 Å². The van der Waals surface area contributed by atoms with Crippen molar-refractivity contribution in [1.29, 1.82) is 0 Å². The first-order valence-electron chi connectivity index (χ1n) is 6.65. The van der Waals surface area contributed by atoms with E-state index in [1.807, 2.05) is 6.92 Å². The van der Waals surface area contributed by atoms with Gasteiger partial charge >= 0.3 is 0 Å². The molecule has 1 fully saturated rings. The zero-order valence-corrected chi connectivity index (χ0v) is 12.0. The van der Waals surface area contributed by atoms with Gasteiger partial charge in [0, 0.05) is 12.1 Å². The SMILES string of the molecule is Cc1nc(-c2ccc(F)cc2)sc1C(=O)NCC1CC1.